The number of anilines is 1. The summed E-state index contributed by atoms with van der Waals surface area (Å²) in [6, 6.07) is 0. The lowest BCUT2D eigenvalue weighted by Gasteiger charge is -2.19. The number of hydrogen-bond donors (Lipinski definition) is 1. The molecule has 0 saturated carbocycles. The topological polar surface area (TPSA) is 81.2 Å². The van der Waals surface area contributed by atoms with Crippen molar-refractivity contribution < 1.29 is 8.42 Å². The lowest BCUT2D eigenvalue weighted by Crippen LogP contribution is -2.31. The van der Waals surface area contributed by atoms with E-state index in [1.807, 2.05) is 0 Å². The molecule has 1 saturated heterocycles. The molecule has 2 N–H and O–H groups in total. The van der Waals surface area contributed by atoms with Crippen molar-refractivity contribution in [2.24, 2.45) is 12.5 Å². The van der Waals surface area contributed by atoms with Crippen molar-refractivity contribution in [2.75, 3.05) is 18.8 Å². The van der Waals surface area contributed by atoms with E-state index in [2.05, 4.69) is 18.9 Å². The average molecular weight is 272 g/mol. The van der Waals surface area contributed by atoms with Gasteiger partial charge in [-0.05, 0) is 18.8 Å². The van der Waals surface area contributed by atoms with Gasteiger partial charge in [-0.2, -0.15) is 9.40 Å². The molecule has 2 heterocycles. The number of rotatable bonds is 2. The largest absolute Gasteiger partial charge is 0.381 e. The van der Waals surface area contributed by atoms with Gasteiger partial charge in [0.15, 0.2) is 5.82 Å². The molecule has 1 aliphatic heterocycles. The zero-order valence-corrected chi connectivity index (χ0v) is 12.1. The normalized spacial score (nSPS) is 20.4. The predicted molar refractivity (Wildman–Crippen MR) is 69.5 cm³/mol. The molecule has 1 aliphatic rings. The fourth-order valence-electron chi connectivity index (χ4n) is 2.33. The summed E-state index contributed by atoms with van der Waals surface area (Å²) in [5.74, 6) is 0.0831. The molecular formula is C11H20N4O2S. The summed E-state index contributed by atoms with van der Waals surface area (Å²) in [7, 11) is -1.83. The molecule has 1 fully saturated rings. The fourth-order valence-corrected chi connectivity index (χ4v) is 4.25. The molecule has 7 heteroatoms. The molecule has 1 aromatic rings. The second-order valence-corrected chi connectivity index (χ2v) is 7.55. The first kappa shape index (κ1) is 13.4. The Morgan fingerprint density at radius 1 is 1.39 bits per heavy atom. The van der Waals surface area contributed by atoms with Crippen molar-refractivity contribution in [1.82, 2.24) is 14.1 Å². The molecule has 0 unspecified atom stereocenters. The Kier molecular flexibility index (Phi) is 2.94. The molecule has 2 rings (SSSR count). The van der Waals surface area contributed by atoms with Crippen LogP contribution in [0, 0.1) is 12.3 Å². The Labute approximate surface area is 108 Å². The fraction of sp³-hybridized carbons (Fsp3) is 0.727. The van der Waals surface area contributed by atoms with Crippen molar-refractivity contribution in [3.8, 4) is 0 Å². The third-order valence-corrected chi connectivity index (χ3v) is 5.56. The number of nitrogens with two attached hydrogens (primary N) is 1. The number of aryl methyl sites for hydroxylation is 1. The maximum absolute atomic E-state index is 12.6. The quantitative estimate of drug-likeness (QED) is 0.860. The summed E-state index contributed by atoms with van der Waals surface area (Å²) < 4.78 is 28.2. The van der Waals surface area contributed by atoms with Crippen molar-refractivity contribution in [3.63, 3.8) is 0 Å². The zero-order valence-electron chi connectivity index (χ0n) is 11.3. The van der Waals surface area contributed by atoms with E-state index < -0.39 is 10.0 Å². The molecule has 0 spiro atoms. The summed E-state index contributed by atoms with van der Waals surface area (Å²) in [5, 5.41) is 3.97. The number of nitrogen functional groups attached to an aromatic ring is 1. The van der Waals surface area contributed by atoms with Gasteiger partial charge in [-0.3, -0.25) is 4.68 Å². The van der Waals surface area contributed by atoms with E-state index in [9.17, 15) is 8.42 Å². The predicted octanol–water partition coefficient (Wildman–Crippen LogP) is 0.731. The maximum atomic E-state index is 12.6. The lowest BCUT2D eigenvalue weighted by molar-refractivity contribution is 0.375. The van der Waals surface area contributed by atoms with Gasteiger partial charge in [0.2, 0.25) is 10.0 Å². The first-order valence-electron chi connectivity index (χ1n) is 5.94. The van der Waals surface area contributed by atoms with E-state index in [4.69, 9.17) is 5.73 Å². The summed E-state index contributed by atoms with van der Waals surface area (Å²) in [4.78, 5) is 0.155. The monoisotopic (exact) mass is 272 g/mol. The summed E-state index contributed by atoms with van der Waals surface area (Å²) >= 11 is 0. The SMILES string of the molecule is Cc1c(S(=O)(=O)N2CCC(C)(C)C2)c(N)nn1C. The van der Waals surface area contributed by atoms with Crippen LogP contribution in [0.1, 0.15) is 26.0 Å². The van der Waals surface area contributed by atoms with E-state index in [0.717, 1.165) is 6.42 Å². The van der Waals surface area contributed by atoms with Gasteiger partial charge in [0.25, 0.3) is 0 Å². The van der Waals surface area contributed by atoms with Gasteiger partial charge in [0.1, 0.15) is 4.90 Å². The molecule has 6 nitrogen and oxygen atoms in total. The Hall–Kier alpha value is -1.08. The highest BCUT2D eigenvalue weighted by atomic mass is 32.2. The van der Waals surface area contributed by atoms with Crippen molar-refractivity contribution in [2.45, 2.75) is 32.1 Å². The van der Waals surface area contributed by atoms with Crippen molar-refractivity contribution in [3.05, 3.63) is 5.69 Å². The summed E-state index contributed by atoms with van der Waals surface area (Å²) in [6.45, 7) is 6.94. The van der Waals surface area contributed by atoms with Gasteiger partial charge in [-0.25, -0.2) is 8.42 Å². The highest BCUT2D eigenvalue weighted by Gasteiger charge is 2.39. The highest BCUT2D eigenvalue weighted by Crippen LogP contribution is 2.34. The van der Waals surface area contributed by atoms with Gasteiger partial charge >= 0.3 is 0 Å². The van der Waals surface area contributed by atoms with Crippen LogP contribution >= 0.6 is 0 Å². The maximum Gasteiger partial charge on any atom is 0.248 e. The first-order valence-corrected chi connectivity index (χ1v) is 7.38. The van der Waals surface area contributed by atoms with E-state index in [-0.39, 0.29) is 16.1 Å². The number of nitrogens with zero attached hydrogens (tertiary/aromatic N) is 3. The molecule has 0 radical (unpaired) electrons. The third-order valence-electron chi connectivity index (χ3n) is 3.54. The lowest BCUT2D eigenvalue weighted by atomic mass is 9.93. The second kappa shape index (κ2) is 3.96. The molecule has 0 aromatic carbocycles. The molecule has 0 bridgehead atoms. The Balaban J connectivity index is 2.44. The molecule has 0 aliphatic carbocycles. The van der Waals surface area contributed by atoms with Gasteiger partial charge < -0.3 is 5.73 Å². The standard InChI is InChI=1S/C11H20N4O2S/c1-8-9(10(12)13-14(8)4)18(16,17)15-6-5-11(2,3)7-15/h5-7H2,1-4H3,(H2,12,13). The van der Waals surface area contributed by atoms with Crippen LogP contribution < -0.4 is 5.73 Å². The van der Waals surface area contributed by atoms with Crippen LogP contribution in [0.5, 0.6) is 0 Å². The number of hydrogen-bond acceptors (Lipinski definition) is 4. The van der Waals surface area contributed by atoms with E-state index in [1.165, 1.54) is 8.99 Å². The highest BCUT2D eigenvalue weighted by molar-refractivity contribution is 7.89. The minimum Gasteiger partial charge on any atom is -0.381 e. The number of sulfonamides is 1. The average Bonchev–Trinajstić information content (AvgIpc) is 2.69. The van der Waals surface area contributed by atoms with Crippen LogP contribution in [0.4, 0.5) is 5.82 Å². The summed E-state index contributed by atoms with van der Waals surface area (Å²) in [6.07, 6.45) is 0.867. The summed E-state index contributed by atoms with van der Waals surface area (Å²) in [5.41, 5.74) is 6.33. The minimum atomic E-state index is -3.53. The Bertz CT molecular complexity index is 574. The first-order chi connectivity index (χ1) is 8.15. The molecule has 102 valence electrons. The van der Waals surface area contributed by atoms with Gasteiger partial charge in [-0.15, -0.1) is 0 Å². The Morgan fingerprint density at radius 2 is 2.00 bits per heavy atom. The van der Waals surface area contributed by atoms with Crippen LogP contribution in [0.15, 0.2) is 4.90 Å². The van der Waals surface area contributed by atoms with Gasteiger partial charge in [-0.1, -0.05) is 13.8 Å². The van der Waals surface area contributed by atoms with E-state index >= 15 is 0 Å². The Morgan fingerprint density at radius 3 is 2.39 bits per heavy atom. The number of aromatic nitrogens is 2. The molecule has 18 heavy (non-hydrogen) atoms. The second-order valence-electron chi connectivity index (χ2n) is 5.68. The molecule has 0 atom stereocenters. The van der Waals surface area contributed by atoms with E-state index in [1.54, 1.807) is 14.0 Å². The van der Waals surface area contributed by atoms with Crippen LogP contribution in [0.2, 0.25) is 0 Å². The van der Waals surface area contributed by atoms with Crippen molar-refractivity contribution in [1.29, 1.82) is 0 Å². The third kappa shape index (κ3) is 2.01. The van der Waals surface area contributed by atoms with E-state index in [0.29, 0.717) is 18.8 Å². The van der Waals surface area contributed by atoms with Crippen molar-refractivity contribution >= 4 is 15.8 Å². The van der Waals surface area contributed by atoms with Crippen LogP contribution in [-0.2, 0) is 17.1 Å². The van der Waals surface area contributed by atoms with Gasteiger partial charge in [0.05, 0.1) is 5.69 Å². The minimum absolute atomic E-state index is 0.0257. The van der Waals surface area contributed by atoms with Gasteiger partial charge in [0, 0.05) is 20.1 Å². The molecule has 1 aromatic heterocycles. The van der Waals surface area contributed by atoms with Crippen LogP contribution in [0.3, 0.4) is 0 Å². The molecule has 0 amide bonds. The van der Waals surface area contributed by atoms with Crippen LogP contribution in [-0.4, -0.2) is 35.6 Å². The smallest absolute Gasteiger partial charge is 0.248 e. The van der Waals surface area contributed by atoms with Crippen LogP contribution in [0.25, 0.3) is 0 Å². The zero-order chi connectivity index (χ0) is 13.7. The molecular weight excluding hydrogens is 252 g/mol.